The Morgan fingerprint density at radius 1 is 1.32 bits per heavy atom. The molecule has 2 atom stereocenters. The Balaban J connectivity index is 2.20. The van der Waals surface area contributed by atoms with Gasteiger partial charge in [-0.3, -0.25) is 4.99 Å². The topological polar surface area (TPSA) is 73.6 Å². The van der Waals surface area contributed by atoms with Crippen molar-refractivity contribution >= 4 is 11.5 Å². The first kappa shape index (κ1) is 12.3. The Kier molecular flexibility index (Phi) is 2.70. The molecule has 0 spiro atoms. The molecule has 0 aromatic heterocycles. The Bertz CT molecular complexity index is 545. The van der Waals surface area contributed by atoms with Crippen molar-refractivity contribution in [3.63, 3.8) is 0 Å². The van der Waals surface area contributed by atoms with Crippen LogP contribution in [-0.4, -0.2) is 18.8 Å². The average molecular weight is 267 g/mol. The maximum absolute atomic E-state index is 14.4. The normalized spacial score (nSPS) is 31.1. The van der Waals surface area contributed by atoms with Crippen LogP contribution in [0.2, 0.25) is 0 Å². The minimum atomic E-state index is -1.71. The number of alkyl halides is 1. The Labute approximate surface area is 109 Å². The molecule has 4 nitrogen and oxygen atoms in total. The van der Waals surface area contributed by atoms with Crippen LogP contribution in [0.1, 0.15) is 18.4 Å². The second-order valence-corrected chi connectivity index (χ2v) is 5.07. The summed E-state index contributed by atoms with van der Waals surface area (Å²) in [5.41, 5.74) is 10.5. The molecule has 2 aliphatic rings. The summed E-state index contributed by atoms with van der Waals surface area (Å²) in [4.78, 5) is 4.23. The standard InChI is InChI=1S/C13H15F2N3O/c14-10-4-3-8(16)5-9(10)13(7-1-2-7)12(15)19-6-11(17)18-13/h3-5,7,12H,1-2,6,16H2,(H2,17,18). The number of hydrogen-bond donors (Lipinski definition) is 2. The minimum Gasteiger partial charge on any atom is -0.399 e. The zero-order valence-corrected chi connectivity index (χ0v) is 10.3. The van der Waals surface area contributed by atoms with E-state index < -0.39 is 17.7 Å². The highest BCUT2D eigenvalue weighted by atomic mass is 19.1. The van der Waals surface area contributed by atoms with Crippen LogP contribution in [0, 0.1) is 11.7 Å². The largest absolute Gasteiger partial charge is 0.399 e. The fraction of sp³-hybridized carbons (Fsp3) is 0.462. The van der Waals surface area contributed by atoms with Crippen LogP contribution in [0.25, 0.3) is 0 Å². The van der Waals surface area contributed by atoms with E-state index in [0.717, 1.165) is 12.8 Å². The average Bonchev–Trinajstić information content (AvgIpc) is 3.20. The van der Waals surface area contributed by atoms with Gasteiger partial charge in [-0.2, -0.15) is 0 Å². The molecule has 6 heteroatoms. The summed E-state index contributed by atoms with van der Waals surface area (Å²) in [5, 5.41) is 0. The lowest BCUT2D eigenvalue weighted by Crippen LogP contribution is -2.47. The second-order valence-electron chi connectivity index (χ2n) is 5.07. The third kappa shape index (κ3) is 1.87. The van der Waals surface area contributed by atoms with E-state index in [2.05, 4.69) is 4.99 Å². The lowest BCUT2D eigenvalue weighted by atomic mass is 9.84. The molecule has 2 unspecified atom stereocenters. The maximum atomic E-state index is 14.4. The SMILES string of the molecule is NC1=NC(c2cc(N)ccc2F)(C2CC2)C(F)OC1. The van der Waals surface area contributed by atoms with E-state index >= 15 is 0 Å². The van der Waals surface area contributed by atoms with Crippen LogP contribution in [0.5, 0.6) is 0 Å². The van der Waals surface area contributed by atoms with Crippen LogP contribution in [-0.2, 0) is 10.3 Å². The maximum Gasteiger partial charge on any atom is 0.229 e. The quantitative estimate of drug-likeness (QED) is 0.801. The first-order valence-electron chi connectivity index (χ1n) is 6.19. The molecule has 1 aliphatic carbocycles. The molecule has 1 saturated carbocycles. The Morgan fingerprint density at radius 3 is 2.74 bits per heavy atom. The molecule has 3 rings (SSSR count). The number of ether oxygens (including phenoxy) is 1. The van der Waals surface area contributed by atoms with Gasteiger partial charge in [0, 0.05) is 11.3 Å². The molecular weight excluding hydrogens is 252 g/mol. The smallest absolute Gasteiger partial charge is 0.229 e. The molecule has 1 aromatic carbocycles. The zero-order valence-electron chi connectivity index (χ0n) is 10.3. The molecule has 1 heterocycles. The highest BCUT2D eigenvalue weighted by Crippen LogP contribution is 2.53. The van der Waals surface area contributed by atoms with Crippen LogP contribution in [0.4, 0.5) is 14.5 Å². The van der Waals surface area contributed by atoms with Gasteiger partial charge in [-0.25, -0.2) is 8.78 Å². The minimum absolute atomic E-state index is 0.0699. The van der Waals surface area contributed by atoms with Crippen molar-refractivity contribution in [1.82, 2.24) is 0 Å². The molecule has 0 radical (unpaired) electrons. The summed E-state index contributed by atoms with van der Waals surface area (Å²) in [6.07, 6.45) is -0.160. The monoisotopic (exact) mass is 267 g/mol. The number of nitrogens with two attached hydrogens (primary N) is 2. The van der Waals surface area contributed by atoms with Gasteiger partial charge in [0.05, 0.1) is 0 Å². The zero-order chi connectivity index (χ0) is 13.6. The van der Waals surface area contributed by atoms with Crippen LogP contribution in [0.15, 0.2) is 23.2 Å². The fourth-order valence-corrected chi connectivity index (χ4v) is 2.66. The molecule has 0 saturated heterocycles. The number of anilines is 1. The van der Waals surface area contributed by atoms with E-state index in [0.29, 0.717) is 5.69 Å². The van der Waals surface area contributed by atoms with E-state index in [9.17, 15) is 8.78 Å². The lowest BCUT2D eigenvalue weighted by molar-refractivity contribution is -0.0940. The van der Waals surface area contributed by atoms with E-state index in [4.69, 9.17) is 16.2 Å². The summed E-state index contributed by atoms with van der Waals surface area (Å²) in [6.45, 7) is -0.0699. The molecule has 19 heavy (non-hydrogen) atoms. The van der Waals surface area contributed by atoms with E-state index in [-0.39, 0.29) is 23.9 Å². The number of hydrogen-bond acceptors (Lipinski definition) is 4. The molecule has 1 aliphatic heterocycles. The summed E-state index contributed by atoms with van der Waals surface area (Å²) in [5.74, 6) is -0.453. The molecule has 4 N–H and O–H groups in total. The fourth-order valence-electron chi connectivity index (χ4n) is 2.66. The number of halogens is 2. The number of amidine groups is 1. The predicted molar refractivity (Wildman–Crippen MR) is 67.7 cm³/mol. The van der Waals surface area contributed by atoms with Crippen LogP contribution < -0.4 is 11.5 Å². The van der Waals surface area contributed by atoms with Crippen molar-refractivity contribution in [1.29, 1.82) is 0 Å². The molecule has 0 amide bonds. The second kappa shape index (κ2) is 4.16. The van der Waals surface area contributed by atoms with Gasteiger partial charge in [-0.05, 0) is 37.0 Å². The summed E-state index contributed by atoms with van der Waals surface area (Å²) < 4.78 is 33.5. The predicted octanol–water partition coefficient (Wildman–Crippen LogP) is 1.70. The van der Waals surface area contributed by atoms with Crippen LogP contribution >= 0.6 is 0 Å². The van der Waals surface area contributed by atoms with Gasteiger partial charge in [0.1, 0.15) is 23.8 Å². The summed E-state index contributed by atoms with van der Waals surface area (Å²) in [7, 11) is 0. The van der Waals surface area contributed by atoms with Gasteiger partial charge >= 0.3 is 0 Å². The first-order valence-corrected chi connectivity index (χ1v) is 6.19. The molecule has 1 fully saturated rings. The van der Waals surface area contributed by atoms with Gasteiger partial charge < -0.3 is 16.2 Å². The van der Waals surface area contributed by atoms with Crippen molar-refractivity contribution in [3.05, 3.63) is 29.6 Å². The lowest BCUT2D eigenvalue weighted by Gasteiger charge is -2.37. The van der Waals surface area contributed by atoms with Crippen molar-refractivity contribution in [2.24, 2.45) is 16.6 Å². The van der Waals surface area contributed by atoms with E-state index in [1.807, 2.05) is 0 Å². The van der Waals surface area contributed by atoms with Crippen molar-refractivity contribution < 1.29 is 13.5 Å². The molecular formula is C13H15F2N3O. The van der Waals surface area contributed by atoms with Gasteiger partial charge in [-0.1, -0.05) is 0 Å². The number of nitrogens with zero attached hydrogens (tertiary/aromatic N) is 1. The molecule has 0 bridgehead atoms. The van der Waals surface area contributed by atoms with Gasteiger partial charge in [0.15, 0.2) is 0 Å². The summed E-state index contributed by atoms with van der Waals surface area (Å²) in [6, 6.07) is 4.08. The Morgan fingerprint density at radius 2 is 2.05 bits per heavy atom. The van der Waals surface area contributed by atoms with E-state index in [1.54, 1.807) is 0 Å². The van der Waals surface area contributed by atoms with Crippen molar-refractivity contribution in [3.8, 4) is 0 Å². The number of nitrogen functional groups attached to an aromatic ring is 1. The van der Waals surface area contributed by atoms with E-state index in [1.165, 1.54) is 18.2 Å². The molecule has 1 aromatic rings. The van der Waals surface area contributed by atoms with Crippen molar-refractivity contribution in [2.45, 2.75) is 24.7 Å². The number of benzene rings is 1. The van der Waals surface area contributed by atoms with Gasteiger partial charge in [0.25, 0.3) is 0 Å². The van der Waals surface area contributed by atoms with Crippen LogP contribution in [0.3, 0.4) is 0 Å². The highest BCUT2D eigenvalue weighted by Gasteiger charge is 2.56. The number of rotatable bonds is 2. The molecule has 102 valence electrons. The van der Waals surface area contributed by atoms with Gasteiger partial charge in [-0.15, -0.1) is 0 Å². The van der Waals surface area contributed by atoms with Crippen molar-refractivity contribution in [2.75, 3.05) is 12.3 Å². The third-order valence-corrected chi connectivity index (χ3v) is 3.67. The number of aliphatic imine (C=N–C) groups is 1. The third-order valence-electron chi connectivity index (χ3n) is 3.67. The van der Waals surface area contributed by atoms with Gasteiger partial charge in [0.2, 0.25) is 6.36 Å². The highest BCUT2D eigenvalue weighted by molar-refractivity contribution is 5.83. The summed E-state index contributed by atoms with van der Waals surface area (Å²) >= 11 is 0. The first-order chi connectivity index (χ1) is 9.04. The Hall–Kier alpha value is -1.69.